The second kappa shape index (κ2) is 7.81. The van der Waals surface area contributed by atoms with Crippen LogP contribution in [0, 0.1) is 0 Å². The summed E-state index contributed by atoms with van der Waals surface area (Å²) in [6.45, 7) is 14.1. The fourth-order valence-electron chi connectivity index (χ4n) is 4.25. The molecule has 0 unspecified atom stereocenters. The lowest BCUT2D eigenvalue weighted by Crippen LogP contribution is -2.30. The van der Waals surface area contributed by atoms with Gasteiger partial charge in [-0.1, -0.05) is 46.5 Å². The van der Waals surface area contributed by atoms with Crippen LogP contribution in [0.4, 0.5) is 0 Å². The molecular weight excluding hydrogens is 348 g/mol. The van der Waals surface area contributed by atoms with E-state index in [2.05, 4.69) is 63.5 Å². The third kappa shape index (κ3) is 3.66. The fourth-order valence-corrected chi connectivity index (χ4v) is 4.25. The second-order valence-corrected chi connectivity index (χ2v) is 9.08. The molecule has 4 nitrogen and oxygen atoms in total. The monoisotopic (exact) mass is 384 g/mol. The maximum atomic E-state index is 6.49. The van der Waals surface area contributed by atoms with Crippen LogP contribution in [0.1, 0.15) is 84.8 Å². The van der Waals surface area contributed by atoms with Gasteiger partial charge in [-0.15, -0.1) is 0 Å². The molecule has 0 radical (unpaired) electrons. The molecular formula is C24H36N2O2. The van der Waals surface area contributed by atoms with E-state index < -0.39 is 5.60 Å². The quantitative estimate of drug-likeness (QED) is 0.490. The molecule has 28 heavy (non-hydrogen) atoms. The Kier molecular flexibility index (Phi) is 5.79. The summed E-state index contributed by atoms with van der Waals surface area (Å²) in [7, 11) is 1.75. The first-order valence-corrected chi connectivity index (χ1v) is 10.7. The number of aryl methyl sites for hydroxylation is 1. The van der Waals surface area contributed by atoms with Crippen molar-refractivity contribution in [2.75, 3.05) is 7.11 Å². The van der Waals surface area contributed by atoms with E-state index in [9.17, 15) is 0 Å². The Labute approximate surface area is 170 Å². The molecule has 0 bridgehead atoms. The van der Waals surface area contributed by atoms with Gasteiger partial charge in [0.15, 0.2) is 0 Å². The standard InChI is InChI=1S/C24H36N2O2/c1-8-10-11-12-13-23(3,4)17-14-19(27-7)21-20(15-17)28-24(5,6)18-16-25-26(9-2)22(18)21/h14-16H,8-13H2,1-7H3. The van der Waals surface area contributed by atoms with E-state index in [1.54, 1.807) is 7.11 Å². The Morgan fingerprint density at radius 2 is 1.89 bits per heavy atom. The van der Waals surface area contributed by atoms with Gasteiger partial charge in [-0.25, -0.2) is 0 Å². The zero-order valence-electron chi connectivity index (χ0n) is 18.7. The third-order valence-corrected chi connectivity index (χ3v) is 6.11. The maximum absolute atomic E-state index is 6.49. The van der Waals surface area contributed by atoms with Gasteiger partial charge >= 0.3 is 0 Å². The minimum Gasteiger partial charge on any atom is -0.496 e. The van der Waals surface area contributed by atoms with Crippen LogP contribution in [0.5, 0.6) is 11.5 Å². The molecule has 0 amide bonds. The van der Waals surface area contributed by atoms with Crippen molar-refractivity contribution in [3.05, 3.63) is 29.5 Å². The van der Waals surface area contributed by atoms with Crippen molar-refractivity contribution in [1.82, 2.24) is 9.78 Å². The molecule has 0 aliphatic carbocycles. The molecule has 0 atom stereocenters. The lowest BCUT2D eigenvalue weighted by molar-refractivity contribution is 0.104. The highest BCUT2D eigenvalue weighted by Gasteiger charge is 2.38. The first kappa shape index (κ1) is 20.8. The van der Waals surface area contributed by atoms with Gasteiger partial charge in [0, 0.05) is 12.1 Å². The number of rotatable bonds is 8. The van der Waals surface area contributed by atoms with E-state index in [4.69, 9.17) is 9.47 Å². The number of benzene rings is 1. The van der Waals surface area contributed by atoms with Crippen LogP contribution in [0.25, 0.3) is 11.3 Å². The minimum absolute atomic E-state index is 0.0782. The number of hydrogen-bond acceptors (Lipinski definition) is 3. The van der Waals surface area contributed by atoms with E-state index >= 15 is 0 Å². The lowest BCUT2D eigenvalue weighted by Gasteiger charge is -2.35. The van der Waals surface area contributed by atoms with Crippen molar-refractivity contribution < 1.29 is 9.47 Å². The van der Waals surface area contributed by atoms with Crippen molar-refractivity contribution >= 4 is 0 Å². The molecule has 4 heteroatoms. The summed E-state index contributed by atoms with van der Waals surface area (Å²) in [4.78, 5) is 0. The SMILES string of the molecule is CCCCCCC(C)(C)c1cc(OC)c2c(c1)OC(C)(C)c1cnn(CC)c1-2. The molecule has 154 valence electrons. The van der Waals surface area contributed by atoms with E-state index in [1.165, 1.54) is 31.2 Å². The number of ether oxygens (including phenoxy) is 2. The topological polar surface area (TPSA) is 36.3 Å². The number of methoxy groups -OCH3 is 1. The number of aromatic nitrogens is 2. The number of fused-ring (bicyclic) bond motifs is 3. The van der Waals surface area contributed by atoms with Crippen LogP contribution in [0.2, 0.25) is 0 Å². The van der Waals surface area contributed by atoms with Crippen LogP contribution in [0.15, 0.2) is 18.3 Å². The zero-order valence-corrected chi connectivity index (χ0v) is 18.7. The molecule has 1 aliphatic rings. The van der Waals surface area contributed by atoms with Crippen LogP contribution in [-0.2, 0) is 17.6 Å². The number of unbranched alkanes of at least 4 members (excludes halogenated alkanes) is 3. The van der Waals surface area contributed by atoms with Crippen molar-refractivity contribution in [3.63, 3.8) is 0 Å². The second-order valence-electron chi connectivity index (χ2n) is 9.08. The fraction of sp³-hybridized carbons (Fsp3) is 0.625. The summed E-state index contributed by atoms with van der Waals surface area (Å²) in [5.74, 6) is 1.78. The Morgan fingerprint density at radius 1 is 1.14 bits per heavy atom. The van der Waals surface area contributed by atoms with E-state index in [0.29, 0.717) is 0 Å². The van der Waals surface area contributed by atoms with Crippen molar-refractivity contribution in [2.24, 2.45) is 0 Å². The first-order chi connectivity index (χ1) is 13.2. The molecule has 0 N–H and O–H groups in total. The molecule has 1 aliphatic heterocycles. The molecule has 3 rings (SSSR count). The van der Waals surface area contributed by atoms with E-state index in [-0.39, 0.29) is 5.41 Å². The zero-order chi connectivity index (χ0) is 20.5. The van der Waals surface area contributed by atoms with Gasteiger partial charge < -0.3 is 9.47 Å². The van der Waals surface area contributed by atoms with Crippen LogP contribution < -0.4 is 9.47 Å². The largest absolute Gasteiger partial charge is 0.496 e. The minimum atomic E-state index is -0.412. The predicted octanol–water partition coefficient (Wildman–Crippen LogP) is 6.45. The van der Waals surface area contributed by atoms with E-state index in [0.717, 1.165) is 41.3 Å². The highest BCUT2D eigenvalue weighted by Crippen LogP contribution is 2.51. The molecule has 0 saturated heterocycles. The Bertz CT molecular complexity index is 833. The maximum Gasteiger partial charge on any atom is 0.134 e. The third-order valence-electron chi connectivity index (χ3n) is 6.11. The Balaban J connectivity index is 2.07. The Morgan fingerprint density at radius 3 is 2.54 bits per heavy atom. The van der Waals surface area contributed by atoms with Gasteiger partial charge in [-0.2, -0.15) is 5.10 Å². The molecule has 2 heterocycles. The van der Waals surface area contributed by atoms with Gasteiger partial charge in [0.05, 0.1) is 24.6 Å². The predicted molar refractivity (Wildman–Crippen MR) is 115 cm³/mol. The van der Waals surface area contributed by atoms with Gasteiger partial charge in [0.2, 0.25) is 0 Å². The van der Waals surface area contributed by atoms with E-state index in [1.807, 2.05) is 6.20 Å². The average molecular weight is 385 g/mol. The number of hydrogen-bond donors (Lipinski definition) is 0. The first-order valence-electron chi connectivity index (χ1n) is 10.7. The average Bonchev–Trinajstić information content (AvgIpc) is 3.09. The molecule has 1 aromatic heterocycles. The van der Waals surface area contributed by atoms with Gasteiger partial charge in [-0.3, -0.25) is 4.68 Å². The molecule has 2 aromatic rings. The van der Waals surface area contributed by atoms with Crippen LogP contribution in [-0.4, -0.2) is 16.9 Å². The molecule has 0 saturated carbocycles. The van der Waals surface area contributed by atoms with Crippen LogP contribution >= 0.6 is 0 Å². The summed E-state index contributed by atoms with van der Waals surface area (Å²) >= 11 is 0. The van der Waals surface area contributed by atoms with Gasteiger partial charge in [0.25, 0.3) is 0 Å². The highest BCUT2D eigenvalue weighted by atomic mass is 16.5. The van der Waals surface area contributed by atoms with Crippen molar-refractivity contribution in [2.45, 2.75) is 91.2 Å². The summed E-state index contributed by atoms with van der Waals surface area (Å²) in [5.41, 5.74) is 4.22. The van der Waals surface area contributed by atoms with Gasteiger partial charge in [0.1, 0.15) is 17.1 Å². The molecule has 0 spiro atoms. The summed E-state index contributed by atoms with van der Waals surface area (Å²) in [6.07, 6.45) is 8.22. The number of nitrogens with zero attached hydrogens (tertiary/aromatic N) is 2. The summed E-state index contributed by atoms with van der Waals surface area (Å²) in [6, 6.07) is 4.44. The van der Waals surface area contributed by atoms with Crippen molar-refractivity contribution in [1.29, 1.82) is 0 Å². The summed E-state index contributed by atoms with van der Waals surface area (Å²) < 4.78 is 14.4. The van der Waals surface area contributed by atoms with Crippen molar-refractivity contribution in [3.8, 4) is 22.8 Å². The highest BCUT2D eigenvalue weighted by molar-refractivity contribution is 5.80. The molecule has 1 aromatic carbocycles. The lowest BCUT2D eigenvalue weighted by atomic mass is 9.78. The smallest absolute Gasteiger partial charge is 0.134 e. The molecule has 0 fully saturated rings. The normalized spacial score (nSPS) is 15.0. The summed E-state index contributed by atoms with van der Waals surface area (Å²) in [5, 5.41) is 4.60. The Hall–Kier alpha value is -1.97. The van der Waals surface area contributed by atoms with Gasteiger partial charge in [-0.05, 0) is 50.3 Å². The van der Waals surface area contributed by atoms with Crippen LogP contribution in [0.3, 0.4) is 0 Å².